The highest BCUT2D eigenvalue weighted by Crippen LogP contribution is 2.35. The van der Waals surface area contributed by atoms with Gasteiger partial charge in [0.2, 0.25) is 5.43 Å². The van der Waals surface area contributed by atoms with Crippen molar-refractivity contribution in [1.82, 2.24) is 9.55 Å². The first kappa shape index (κ1) is 32.9. The molecule has 2 aromatic heterocycles. The lowest BCUT2D eigenvalue weighted by molar-refractivity contribution is 0.0612. The average Bonchev–Trinajstić information content (AvgIpc) is 3.10. The standard InChI is InChI=1S/C37H34BrFN4O5/c1-46-33-10-5-24(16-34(33)47-2)25-15-29(36(40)41-18-25)23-3-7-27(8-4-23)42-37(45)31-21-43(19-22-11-13-48-14-12-22)20-30(35(31)44)28-9-6-26(38)17-32(28)39/h3-10,15-18,20-22H,11-14,19H2,1-2H3,(H2,40,41)(H,42,45). The fraction of sp³-hybridized carbons (Fsp3) is 0.216. The van der Waals surface area contributed by atoms with Crippen molar-refractivity contribution < 1.29 is 23.4 Å². The predicted octanol–water partition coefficient (Wildman–Crippen LogP) is 7.42. The van der Waals surface area contributed by atoms with Gasteiger partial charge in [-0.2, -0.15) is 0 Å². The summed E-state index contributed by atoms with van der Waals surface area (Å²) in [6, 6.07) is 19.1. The Hall–Kier alpha value is -5.00. The van der Waals surface area contributed by atoms with Crippen LogP contribution in [0.2, 0.25) is 0 Å². The summed E-state index contributed by atoms with van der Waals surface area (Å²) < 4.78 is 33.7. The smallest absolute Gasteiger partial charge is 0.261 e. The van der Waals surface area contributed by atoms with E-state index in [2.05, 4.69) is 26.2 Å². The summed E-state index contributed by atoms with van der Waals surface area (Å²) in [4.78, 5) is 31.7. The monoisotopic (exact) mass is 712 g/mol. The molecule has 0 radical (unpaired) electrons. The Kier molecular flexibility index (Phi) is 9.88. The van der Waals surface area contributed by atoms with E-state index in [1.165, 1.54) is 12.1 Å². The summed E-state index contributed by atoms with van der Waals surface area (Å²) in [5.41, 5.74) is 9.56. The normalized spacial score (nSPS) is 13.2. The predicted molar refractivity (Wildman–Crippen MR) is 188 cm³/mol. The highest BCUT2D eigenvalue weighted by atomic mass is 79.9. The number of ether oxygens (including phenoxy) is 3. The second-order valence-corrected chi connectivity index (χ2v) is 12.5. The lowest BCUT2D eigenvalue weighted by atomic mass is 9.99. The van der Waals surface area contributed by atoms with Crippen molar-refractivity contribution in [3.8, 4) is 44.9 Å². The van der Waals surface area contributed by atoms with E-state index in [0.29, 0.717) is 58.7 Å². The minimum absolute atomic E-state index is 0.0815. The molecular formula is C37H34BrFN4O5. The van der Waals surface area contributed by atoms with Gasteiger partial charge in [-0.3, -0.25) is 9.59 Å². The van der Waals surface area contributed by atoms with E-state index in [4.69, 9.17) is 19.9 Å². The summed E-state index contributed by atoms with van der Waals surface area (Å²) in [7, 11) is 3.16. The number of aromatic nitrogens is 2. The van der Waals surface area contributed by atoms with Crippen molar-refractivity contribution in [2.45, 2.75) is 19.4 Å². The summed E-state index contributed by atoms with van der Waals surface area (Å²) in [5.74, 6) is 0.711. The molecule has 0 atom stereocenters. The van der Waals surface area contributed by atoms with Gasteiger partial charge in [-0.1, -0.05) is 40.2 Å². The number of nitrogens with two attached hydrogens (primary N) is 1. The van der Waals surface area contributed by atoms with Gasteiger partial charge in [0, 0.05) is 70.8 Å². The molecule has 246 valence electrons. The largest absolute Gasteiger partial charge is 0.493 e. The molecule has 48 heavy (non-hydrogen) atoms. The lowest BCUT2D eigenvalue weighted by Crippen LogP contribution is -2.27. The van der Waals surface area contributed by atoms with E-state index in [1.54, 1.807) is 51.0 Å². The Labute approximate surface area is 285 Å². The summed E-state index contributed by atoms with van der Waals surface area (Å²) in [6.07, 6.45) is 6.59. The van der Waals surface area contributed by atoms with Crippen LogP contribution in [-0.4, -0.2) is 42.9 Å². The van der Waals surface area contributed by atoms with Crippen LogP contribution in [0.1, 0.15) is 23.2 Å². The molecule has 0 saturated carbocycles. The summed E-state index contributed by atoms with van der Waals surface area (Å²) >= 11 is 3.27. The van der Waals surface area contributed by atoms with Gasteiger partial charge in [0.05, 0.1) is 14.2 Å². The number of halogens is 2. The highest BCUT2D eigenvalue weighted by Gasteiger charge is 2.21. The Bertz CT molecular complexity index is 2030. The molecule has 3 N–H and O–H groups in total. The second-order valence-electron chi connectivity index (χ2n) is 11.5. The molecule has 0 spiro atoms. The van der Waals surface area contributed by atoms with Crippen molar-refractivity contribution in [3.05, 3.63) is 111 Å². The van der Waals surface area contributed by atoms with E-state index in [0.717, 1.165) is 29.5 Å². The Balaban J connectivity index is 1.28. The van der Waals surface area contributed by atoms with Gasteiger partial charge in [0.25, 0.3) is 5.91 Å². The van der Waals surface area contributed by atoms with Crippen LogP contribution in [0.5, 0.6) is 11.5 Å². The molecule has 1 aliphatic rings. The van der Waals surface area contributed by atoms with Crippen molar-refractivity contribution in [2.75, 3.05) is 38.5 Å². The molecule has 1 fully saturated rings. The van der Waals surface area contributed by atoms with E-state index >= 15 is 4.39 Å². The van der Waals surface area contributed by atoms with Gasteiger partial charge >= 0.3 is 0 Å². The maximum Gasteiger partial charge on any atom is 0.261 e. The fourth-order valence-electron chi connectivity index (χ4n) is 5.84. The number of amides is 1. The maximum atomic E-state index is 15.1. The molecule has 1 amide bonds. The number of rotatable bonds is 9. The number of hydrogen-bond donors (Lipinski definition) is 2. The van der Waals surface area contributed by atoms with Crippen LogP contribution in [0.25, 0.3) is 33.4 Å². The third-order valence-electron chi connectivity index (χ3n) is 8.44. The zero-order valence-corrected chi connectivity index (χ0v) is 28.1. The Morgan fingerprint density at radius 1 is 0.938 bits per heavy atom. The van der Waals surface area contributed by atoms with Crippen molar-refractivity contribution in [2.24, 2.45) is 5.92 Å². The molecule has 0 unspecified atom stereocenters. The average molecular weight is 714 g/mol. The first-order chi connectivity index (χ1) is 23.2. The third-order valence-corrected chi connectivity index (χ3v) is 8.94. The molecule has 0 aliphatic carbocycles. The Morgan fingerprint density at radius 3 is 2.38 bits per heavy atom. The molecule has 1 aliphatic heterocycles. The number of nitrogens with one attached hydrogen (secondary N) is 1. The molecule has 6 rings (SSSR count). The minimum atomic E-state index is -0.593. The molecule has 3 aromatic carbocycles. The zero-order chi connectivity index (χ0) is 33.8. The van der Waals surface area contributed by atoms with Crippen LogP contribution < -0.4 is 26.0 Å². The first-order valence-corrected chi connectivity index (χ1v) is 16.2. The molecular weight excluding hydrogens is 679 g/mol. The molecule has 3 heterocycles. The molecule has 1 saturated heterocycles. The number of benzene rings is 3. The number of carbonyl (C=O) groups excluding carboxylic acids is 1. The van der Waals surface area contributed by atoms with Gasteiger partial charge in [-0.15, -0.1) is 0 Å². The summed E-state index contributed by atoms with van der Waals surface area (Å²) in [6.45, 7) is 1.89. The highest BCUT2D eigenvalue weighted by molar-refractivity contribution is 9.10. The maximum absolute atomic E-state index is 15.1. The number of pyridine rings is 2. The number of nitrogen functional groups attached to an aromatic ring is 1. The van der Waals surface area contributed by atoms with Crippen molar-refractivity contribution >= 4 is 33.3 Å². The quantitative estimate of drug-likeness (QED) is 0.163. The second kappa shape index (κ2) is 14.4. The minimum Gasteiger partial charge on any atom is -0.493 e. The van der Waals surface area contributed by atoms with Gasteiger partial charge in [0.15, 0.2) is 11.5 Å². The lowest BCUT2D eigenvalue weighted by Gasteiger charge is -2.23. The van der Waals surface area contributed by atoms with Crippen LogP contribution in [-0.2, 0) is 11.3 Å². The first-order valence-electron chi connectivity index (χ1n) is 15.4. The fourth-order valence-corrected chi connectivity index (χ4v) is 6.17. The number of anilines is 2. The van der Waals surface area contributed by atoms with E-state index in [1.807, 2.05) is 41.0 Å². The molecule has 5 aromatic rings. The number of carbonyl (C=O) groups is 1. The number of hydrogen-bond acceptors (Lipinski definition) is 7. The number of methoxy groups -OCH3 is 2. The van der Waals surface area contributed by atoms with Crippen LogP contribution >= 0.6 is 15.9 Å². The van der Waals surface area contributed by atoms with Crippen molar-refractivity contribution in [3.63, 3.8) is 0 Å². The summed E-state index contributed by atoms with van der Waals surface area (Å²) in [5, 5.41) is 2.84. The Morgan fingerprint density at radius 2 is 1.67 bits per heavy atom. The zero-order valence-electron chi connectivity index (χ0n) is 26.5. The van der Waals surface area contributed by atoms with Gasteiger partial charge in [-0.05, 0) is 72.4 Å². The van der Waals surface area contributed by atoms with Crippen molar-refractivity contribution in [1.29, 1.82) is 0 Å². The SMILES string of the molecule is COc1ccc(-c2cnc(N)c(-c3ccc(NC(=O)c4cn(CC5CCOCC5)cc(-c5ccc(Br)cc5F)c4=O)cc3)c2)cc1OC. The molecule has 0 bridgehead atoms. The third kappa shape index (κ3) is 7.12. The molecule has 11 heteroatoms. The number of nitrogens with zero attached hydrogens (tertiary/aromatic N) is 2. The van der Waals surface area contributed by atoms with Crippen LogP contribution in [0.4, 0.5) is 15.9 Å². The van der Waals surface area contributed by atoms with E-state index in [9.17, 15) is 9.59 Å². The van der Waals surface area contributed by atoms with Gasteiger partial charge in [0.1, 0.15) is 17.2 Å². The van der Waals surface area contributed by atoms with Gasteiger partial charge in [-0.25, -0.2) is 9.37 Å². The van der Waals surface area contributed by atoms with Crippen LogP contribution in [0.15, 0.2) is 94.6 Å². The van der Waals surface area contributed by atoms with Crippen LogP contribution in [0.3, 0.4) is 0 Å². The van der Waals surface area contributed by atoms with Gasteiger partial charge < -0.3 is 29.8 Å². The van der Waals surface area contributed by atoms with Crippen LogP contribution in [0, 0.1) is 11.7 Å². The topological polar surface area (TPSA) is 118 Å². The van der Waals surface area contributed by atoms with E-state index < -0.39 is 17.2 Å². The van der Waals surface area contributed by atoms with E-state index in [-0.39, 0.29) is 16.7 Å². The molecule has 9 nitrogen and oxygen atoms in total.